The highest BCUT2D eigenvalue weighted by molar-refractivity contribution is 6.02. The molecule has 16 heteroatoms. The number of nitrogens with one attached hydrogen (secondary N) is 4. The molecule has 0 radical (unpaired) electrons. The van der Waals surface area contributed by atoms with Gasteiger partial charge >= 0.3 is 12.2 Å². The molecular weight excluding hydrogens is 811 g/mol. The number of methoxy groups -OCH3 is 2. The van der Waals surface area contributed by atoms with Crippen LogP contribution in [0.4, 0.5) is 24.1 Å². The Labute approximate surface area is 361 Å². The third-order valence-electron chi connectivity index (χ3n) is 12.3. The third-order valence-corrected chi connectivity index (χ3v) is 12.3. The lowest BCUT2D eigenvalue weighted by molar-refractivity contribution is -0.136. The van der Waals surface area contributed by atoms with E-state index in [0.29, 0.717) is 30.8 Å². The minimum Gasteiger partial charge on any atom is -0.453 e. The molecule has 4 atom stereocenters. The molecule has 0 aliphatic carbocycles. The molecule has 9 rings (SSSR count). The normalized spacial score (nSPS) is 19.5. The molecule has 3 aliphatic rings. The molecular formula is C47H46F2N8O6. The molecule has 0 saturated carbocycles. The fourth-order valence-electron chi connectivity index (χ4n) is 9.10. The molecule has 4 amide bonds. The summed E-state index contributed by atoms with van der Waals surface area (Å²) in [5, 5.41) is 7.17. The number of ether oxygens (including phenoxy) is 2. The number of carbonyl (C=O) groups is 4. The second-order valence-corrected chi connectivity index (χ2v) is 16.7. The Morgan fingerprint density at radius 2 is 1.40 bits per heavy atom. The van der Waals surface area contributed by atoms with Gasteiger partial charge in [0.2, 0.25) is 11.8 Å². The first kappa shape index (κ1) is 41.3. The van der Waals surface area contributed by atoms with Crippen LogP contribution in [0, 0.1) is 5.92 Å². The van der Waals surface area contributed by atoms with E-state index in [1.807, 2.05) is 72.8 Å². The van der Waals surface area contributed by atoms with Gasteiger partial charge in [-0.25, -0.2) is 28.3 Å². The zero-order valence-electron chi connectivity index (χ0n) is 35.1. The monoisotopic (exact) mass is 856 g/mol. The number of anilines is 1. The molecule has 2 aromatic heterocycles. The number of hydrogen-bond donors (Lipinski definition) is 4. The van der Waals surface area contributed by atoms with Crippen molar-refractivity contribution < 1.29 is 37.4 Å². The lowest BCUT2D eigenvalue weighted by Gasteiger charge is -2.29. The Balaban J connectivity index is 0.906. The Morgan fingerprint density at radius 3 is 2.08 bits per heavy atom. The predicted octanol–water partition coefficient (Wildman–Crippen LogP) is 7.88. The van der Waals surface area contributed by atoms with Gasteiger partial charge in [0, 0.05) is 18.4 Å². The van der Waals surface area contributed by atoms with Gasteiger partial charge in [-0.05, 0) is 69.5 Å². The topological polar surface area (TPSA) is 175 Å². The molecule has 1 saturated heterocycles. The van der Waals surface area contributed by atoms with Gasteiger partial charge in [0.1, 0.15) is 23.7 Å². The van der Waals surface area contributed by atoms with Crippen molar-refractivity contribution in [3.8, 4) is 33.6 Å². The van der Waals surface area contributed by atoms with Crippen LogP contribution in [0.2, 0.25) is 0 Å². The van der Waals surface area contributed by atoms with Crippen LogP contribution in [0.1, 0.15) is 61.5 Å². The third kappa shape index (κ3) is 7.85. The van der Waals surface area contributed by atoms with E-state index in [4.69, 9.17) is 9.72 Å². The summed E-state index contributed by atoms with van der Waals surface area (Å²) in [7, 11) is 2.46. The summed E-state index contributed by atoms with van der Waals surface area (Å²) in [4.78, 5) is 70.3. The average Bonchev–Trinajstić information content (AvgIpc) is 4.10. The number of aromatic nitrogens is 4. The number of aryl methyl sites for hydroxylation is 1. The first-order chi connectivity index (χ1) is 30.3. The number of H-pyrrole nitrogens is 2. The van der Waals surface area contributed by atoms with Crippen LogP contribution >= 0.6 is 0 Å². The quantitative estimate of drug-likeness (QED) is 0.114. The van der Waals surface area contributed by atoms with Gasteiger partial charge in [0.15, 0.2) is 0 Å². The number of hydrogen-bond acceptors (Lipinski definition) is 8. The fraction of sp³-hybridized carbons (Fsp3) is 0.319. The summed E-state index contributed by atoms with van der Waals surface area (Å²) < 4.78 is 39.2. The maximum absolute atomic E-state index is 14.9. The number of likely N-dealkylation sites (tertiary alicyclic amines) is 1. The second-order valence-electron chi connectivity index (χ2n) is 16.7. The van der Waals surface area contributed by atoms with Gasteiger partial charge in [-0.2, -0.15) is 0 Å². The van der Waals surface area contributed by atoms with E-state index >= 15 is 0 Å². The van der Waals surface area contributed by atoms with Gasteiger partial charge < -0.3 is 35.0 Å². The van der Waals surface area contributed by atoms with Crippen molar-refractivity contribution in [2.45, 2.75) is 69.6 Å². The molecule has 3 aliphatic heterocycles. The van der Waals surface area contributed by atoms with Crippen molar-refractivity contribution >= 4 is 40.5 Å². The minimum absolute atomic E-state index is 0.193. The van der Waals surface area contributed by atoms with Crippen molar-refractivity contribution in [1.82, 2.24) is 35.5 Å². The van der Waals surface area contributed by atoms with Crippen LogP contribution in [0.25, 0.3) is 44.4 Å². The predicted molar refractivity (Wildman–Crippen MR) is 231 cm³/mol. The number of carbonyl (C=O) groups excluding carboxylic acids is 4. The number of halogens is 2. The molecule has 14 nitrogen and oxygen atoms in total. The standard InChI is InChI=1S/C47H46F2N8O6/c1-25(2)39(55-46(61)63-4)44(59)56-24-47(48,49)21-38(56)42-51-23-36(53-42)32-15-14-30-18-29(12-13-31(30)19-32)26-8-10-27(11-9-26)35-22-50-41(52-35)37-20-33-7-5-6-28-16-17-34(54-45(60)62-3)43(58)57(37)40(28)33/h5-15,18-19,22-23,25,34,37-39H,16-17,20-21,24H2,1-4H3,(H,50,52)(H,51,53)(H,54,60)(H,55,61)/t34-,37-,38-,39-/m0/s1. The lowest BCUT2D eigenvalue weighted by Crippen LogP contribution is -2.51. The molecule has 0 spiro atoms. The Bertz CT molecular complexity index is 2750. The van der Waals surface area contributed by atoms with Crippen LogP contribution < -0.4 is 15.5 Å². The summed E-state index contributed by atoms with van der Waals surface area (Å²) in [6.45, 7) is 2.65. The van der Waals surface area contributed by atoms with Gasteiger partial charge in [0.25, 0.3) is 5.92 Å². The number of rotatable bonds is 9. The van der Waals surface area contributed by atoms with Gasteiger partial charge in [-0.3, -0.25) is 14.5 Å². The number of fused-ring (bicyclic) bond motifs is 1. The van der Waals surface area contributed by atoms with Crippen LogP contribution in [-0.2, 0) is 31.9 Å². The molecule has 1 fully saturated rings. The van der Waals surface area contributed by atoms with Crippen molar-refractivity contribution in [3.05, 3.63) is 114 Å². The Hall–Kier alpha value is -7.10. The lowest BCUT2D eigenvalue weighted by atomic mass is 9.98. The summed E-state index contributed by atoms with van der Waals surface area (Å²) in [5.74, 6) is -3.44. The highest BCUT2D eigenvalue weighted by atomic mass is 19.3. The molecule has 4 aromatic carbocycles. The smallest absolute Gasteiger partial charge is 0.407 e. The average molecular weight is 857 g/mol. The summed E-state index contributed by atoms with van der Waals surface area (Å²) >= 11 is 0. The van der Waals surface area contributed by atoms with E-state index in [1.165, 1.54) is 14.2 Å². The zero-order chi connectivity index (χ0) is 44.2. The van der Waals surface area contributed by atoms with Gasteiger partial charge in [-0.15, -0.1) is 0 Å². The van der Waals surface area contributed by atoms with Crippen molar-refractivity contribution in [2.24, 2.45) is 5.92 Å². The van der Waals surface area contributed by atoms with Crippen LogP contribution in [0.3, 0.4) is 0 Å². The number of alkyl halides is 2. The second kappa shape index (κ2) is 16.3. The number of alkyl carbamates (subject to hydrolysis) is 2. The van der Waals surface area contributed by atoms with Crippen LogP contribution in [0.15, 0.2) is 91.3 Å². The van der Waals surface area contributed by atoms with E-state index in [-0.39, 0.29) is 23.7 Å². The molecule has 63 heavy (non-hydrogen) atoms. The maximum Gasteiger partial charge on any atom is 0.407 e. The number of imidazole rings is 2. The van der Waals surface area contributed by atoms with Gasteiger partial charge in [-0.1, -0.05) is 80.6 Å². The summed E-state index contributed by atoms with van der Waals surface area (Å²) in [6, 6.07) is 23.2. The number of para-hydroxylation sites is 1. The first-order valence-electron chi connectivity index (χ1n) is 20.9. The molecule has 0 bridgehead atoms. The van der Waals surface area contributed by atoms with Crippen molar-refractivity contribution in [2.75, 3.05) is 25.7 Å². The van der Waals surface area contributed by atoms with Gasteiger partial charge in [0.05, 0.1) is 62.3 Å². The first-order valence-corrected chi connectivity index (χ1v) is 20.9. The molecule has 6 aromatic rings. The molecule has 4 N–H and O–H groups in total. The highest BCUT2D eigenvalue weighted by Crippen LogP contribution is 2.45. The number of nitrogens with zero attached hydrogens (tertiary/aromatic N) is 4. The molecule has 5 heterocycles. The zero-order valence-corrected chi connectivity index (χ0v) is 35.1. The van der Waals surface area contributed by atoms with Crippen LogP contribution in [0.5, 0.6) is 0 Å². The van der Waals surface area contributed by atoms with E-state index in [9.17, 15) is 28.0 Å². The van der Waals surface area contributed by atoms with Crippen LogP contribution in [-0.4, -0.2) is 87.6 Å². The fourth-order valence-corrected chi connectivity index (χ4v) is 9.10. The summed E-state index contributed by atoms with van der Waals surface area (Å²) in [5.41, 5.74) is 8.20. The molecule has 324 valence electrons. The number of amides is 4. The number of benzene rings is 4. The maximum atomic E-state index is 14.9. The SMILES string of the molecule is COC(=O)N[C@H]1CCc2cccc3c2N(C1=O)[C@H](c1ncc(-c2ccc(-c4ccc5cc(-c6cnc([C@@H]7CC(F)(F)CN7C(=O)[C@@H](NC(=O)OC)C(C)C)[nH]6)ccc5c4)cc2)[nH]1)C3. The summed E-state index contributed by atoms with van der Waals surface area (Å²) in [6.07, 6.45) is 3.01. The van der Waals surface area contributed by atoms with Crippen molar-refractivity contribution in [1.29, 1.82) is 0 Å². The van der Waals surface area contributed by atoms with E-state index in [0.717, 1.165) is 60.4 Å². The molecule has 0 unspecified atom stereocenters. The Morgan fingerprint density at radius 1 is 0.794 bits per heavy atom. The number of aromatic amines is 2. The largest absolute Gasteiger partial charge is 0.453 e. The van der Waals surface area contributed by atoms with E-state index in [2.05, 4.69) is 36.4 Å². The highest BCUT2D eigenvalue weighted by Gasteiger charge is 2.50. The van der Waals surface area contributed by atoms with Crippen molar-refractivity contribution in [3.63, 3.8) is 0 Å². The van der Waals surface area contributed by atoms with E-state index < -0.39 is 55.1 Å². The minimum atomic E-state index is -3.13. The van der Waals surface area contributed by atoms with E-state index in [1.54, 1.807) is 31.1 Å². The Kier molecular flexibility index (Phi) is 10.7.